The maximum absolute atomic E-state index is 13.1. The van der Waals surface area contributed by atoms with Crippen molar-refractivity contribution in [3.8, 4) is 0 Å². The monoisotopic (exact) mass is 374 g/mol. The number of amides is 1. The van der Waals surface area contributed by atoms with E-state index < -0.39 is 0 Å². The van der Waals surface area contributed by atoms with Crippen LogP contribution < -0.4 is 5.32 Å². The average Bonchev–Trinajstić information content (AvgIpc) is 3.17. The molecule has 0 bridgehead atoms. The minimum absolute atomic E-state index is 0.0241. The van der Waals surface area contributed by atoms with E-state index in [1.54, 1.807) is 24.8 Å². The van der Waals surface area contributed by atoms with Gasteiger partial charge in [0.15, 0.2) is 5.82 Å². The molecule has 0 unspecified atom stereocenters. The number of anilines is 2. The average molecular weight is 374 g/mol. The summed E-state index contributed by atoms with van der Waals surface area (Å²) in [7, 11) is 0. The molecule has 1 aliphatic rings. The van der Waals surface area contributed by atoms with E-state index in [4.69, 9.17) is 0 Å². The zero-order valence-corrected chi connectivity index (χ0v) is 16.0. The number of hydrogen-bond acceptors (Lipinski definition) is 6. The van der Waals surface area contributed by atoms with Crippen LogP contribution in [0.4, 0.5) is 11.6 Å². The van der Waals surface area contributed by atoms with Gasteiger partial charge in [0.2, 0.25) is 0 Å². The third-order valence-corrected chi connectivity index (χ3v) is 4.81. The lowest BCUT2D eigenvalue weighted by molar-refractivity contribution is 0.0732. The third-order valence-electron chi connectivity index (χ3n) is 4.81. The summed E-state index contributed by atoms with van der Waals surface area (Å²) in [4.78, 5) is 32.6. The lowest BCUT2D eigenvalue weighted by Crippen LogP contribution is -2.31. The van der Waals surface area contributed by atoms with Gasteiger partial charge in [0, 0.05) is 37.0 Å². The van der Waals surface area contributed by atoms with E-state index in [2.05, 4.69) is 25.3 Å². The van der Waals surface area contributed by atoms with Crippen molar-refractivity contribution in [1.29, 1.82) is 0 Å². The minimum atomic E-state index is -0.131. The first-order valence-corrected chi connectivity index (χ1v) is 9.36. The highest BCUT2D eigenvalue weighted by Gasteiger charge is 2.33. The smallest absolute Gasteiger partial charge is 0.255 e. The summed E-state index contributed by atoms with van der Waals surface area (Å²) < 4.78 is 0. The number of pyridine rings is 2. The van der Waals surface area contributed by atoms with Crippen molar-refractivity contribution in [1.82, 2.24) is 24.8 Å². The zero-order chi connectivity index (χ0) is 19.5. The van der Waals surface area contributed by atoms with E-state index in [9.17, 15) is 4.79 Å². The summed E-state index contributed by atoms with van der Waals surface area (Å²) >= 11 is 0. The van der Waals surface area contributed by atoms with Crippen LogP contribution in [-0.2, 0) is 0 Å². The SMILES string of the molecule is Cc1cncc(C(=O)N2CCC[C@H]2c2nccnc2Nc2cccc(C)n2)c1. The van der Waals surface area contributed by atoms with Crippen LogP contribution in [0, 0.1) is 13.8 Å². The van der Waals surface area contributed by atoms with Crippen LogP contribution in [0.1, 0.15) is 46.2 Å². The molecule has 1 fully saturated rings. The first-order valence-electron chi connectivity index (χ1n) is 9.36. The van der Waals surface area contributed by atoms with E-state index in [1.165, 1.54) is 0 Å². The van der Waals surface area contributed by atoms with Gasteiger partial charge in [-0.05, 0) is 50.5 Å². The fraction of sp³-hybridized carbons (Fsp3) is 0.286. The number of rotatable bonds is 4. The second-order valence-electron chi connectivity index (χ2n) is 6.99. The van der Waals surface area contributed by atoms with Crippen molar-refractivity contribution >= 4 is 17.5 Å². The molecule has 1 saturated heterocycles. The Labute approximate surface area is 163 Å². The first kappa shape index (κ1) is 18.0. The van der Waals surface area contributed by atoms with Gasteiger partial charge >= 0.3 is 0 Å². The molecular formula is C21H22N6O. The fourth-order valence-electron chi connectivity index (χ4n) is 3.55. The number of carbonyl (C=O) groups is 1. The molecule has 4 rings (SSSR count). The third kappa shape index (κ3) is 3.69. The van der Waals surface area contributed by atoms with Crippen molar-refractivity contribution in [2.75, 3.05) is 11.9 Å². The van der Waals surface area contributed by atoms with Crippen LogP contribution in [0.25, 0.3) is 0 Å². The van der Waals surface area contributed by atoms with Gasteiger partial charge in [-0.1, -0.05) is 6.07 Å². The van der Waals surface area contributed by atoms with Gasteiger partial charge in [-0.25, -0.2) is 9.97 Å². The van der Waals surface area contributed by atoms with E-state index in [1.807, 2.05) is 43.0 Å². The van der Waals surface area contributed by atoms with Crippen molar-refractivity contribution < 1.29 is 4.79 Å². The highest BCUT2D eigenvalue weighted by molar-refractivity contribution is 5.94. The summed E-state index contributed by atoms with van der Waals surface area (Å²) in [5, 5.41) is 3.26. The van der Waals surface area contributed by atoms with Gasteiger partial charge in [-0.15, -0.1) is 0 Å². The molecule has 0 radical (unpaired) electrons. The van der Waals surface area contributed by atoms with E-state index >= 15 is 0 Å². The maximum Gasteiger partial charge on any atom is 0.255 e. The van der Waals surface area contributed by atoms with Gasteiger partial charge < -0.3 is 10.2 Å². The number of nitrogens with zero attached hydrogens (tertiary/aromatic N) is 5. The molecule has 1 N–H and O–H groups in total. The molecule has 0 spiro atoms. The Kier molecular flexibility index (Phi) is 4.97. The highest BCUT2D eigenvalue weighted by Crippen LogP contribution is 2.35. The first-order chi connectivity index (χ1) is 13.6. The van der Waals surface area contributed by atoms with Crippen LogP contribution in [0.5, 0.6) is 0 Å². The molecule has 3 aromatic heterocycles. The van der Waals surface area contributed by atoms with Crippen LogP contribution >= 0.6 is 0 Å². The maximum atomic E-state index is 13.1. The molecule has 1 atom stereocenters. The molecule has 7 nitrogen and oxygen atoms in total. The molecule has 1 amide bonds. The summed E-state index contributed by atoms with van der Waals surface area (Å²) in [5.74, 6) is 1.32. The molecule has 0 aromatic carbocycles. The second kappa shape index (κ2) is 7.72. The Morgan fingerprint density at radius 2 is 2.04 bits per heavy atom. The van der Waals surface area contributed by atoms with Crippen LogP contribution in [0.3, 0.4) is 0 Å². The number of aryl methyl sites for hydroxylation is 2. The molecule has 28 heavy (non-hydrogen) atoms. The number of hydrogen-bond donors (Lipinski definition) is 1. The van der Waals surface area contributed by atoms with Gasteiger partial charge in [0.1, 0.15) is 11.5 Å². The summed E-state index contributed by atoms with van der Waals surface area (Å²) in [6, 6.07) is 7.51. The minimum Gasteiger partial charge on any atom is -0.330 e. The van der Waals surface area contributed by atoms with Crippen molar-refractivity contribution in [2.24, 2.45) is 0 Å². The zero-order valence-electron chi connectivity index (χ0n) is 16.0. The summed E-state index contributed by atoms with van der Waals surface area (Å²) in [6.45, 7) is 4.57. The molecular weight excluding hydrogens is 352 g/mol. The predicted molar refractivity (Wildman–Crippen MR) is 106 cm³/mol. The van der Waals surface area contributed by atoms with Crippen molar-refractivity contribution in [2.45, 2.75) is 32.7 Å². The van der Waals surface area contributed by atoms with Gasteiger partial charge in [0.25, 0.3) is 5.91 Å². The molecule has 3 aromatic rings. The number of likely N-dealkylation sites (tertiary alicyclic amines) is 1. The van der Waals surface area contributed by atoms with E-state index in [-0.39, 0.29) is 11.9 Å². The standard InChI is InChI=1S/C21H22N6O/c1-14-11-16(13-22-12-14)21(28)27-10-4-6-17(27)19-20(24-9-8-23-19)26-18-7-3-5-15(2)25-18/h3,5,7-9,11-13,17H,4,6,10H2,1-2H3,(H,24,25,26)/t17-/m0/s1. The number of nitrogens with one attached hydrogen (secondary N) is 1. The Hall–Kier alpha value is -3.35. The highest BCUT2D eigenvalue weighted by atomic mass is 16.2. The van der Waals surface area contributed by atoms with Gasteiger partial charge in [-0.2, -0.15) is 0 Å². The fourth-order valence-corrected chi connectivity index (χ4v) is 3.55. The largest absolute Gasteiger partial charge is 0.330 e. The van der Waals surface area contributed by atoms with Gasteiger partial charge in [-0.3, -0.25) is 14.8 Å². The van der Waals surface area contributed by atoms with Crippen LogP contribution in [0.2, 0.25) is 0 Å². The Morgan fingerprint density at radius 1 is 1.18 bits per heavy atom. The normalized spacial score (nSPS) is 16.2. The second-order valence-corrected chi connectivity index (χ2v) is 6.99. The Morgan fingerprint density at radius 3 is 2.86 bits per heavy atom. The lowest BCUT2D eigenvalue weighted by Gasteiger charge is -2.25. The molecule has 142 valence electrons. The number of carbonyl (C=O) groups excluding carboxylic acids is 1. The van der Waals surface area contributed by atoms with Crippen molar-refractivity contribution in [3.05, 3.63) is 71.6 Å². The molecule has 7 heteroatoms. The molecule has 0 saturated carbocycles. The van der Waals surface area contributed by atoms with E-state index in [0.29, 0.717) is 23.7 Å². The van der Waals surface area contributed by atoms with Crippen LogP contribution in [0.15, 0.2) is 49.1 Å². The summed E-state index contributed by atoms with van der Waals surface area (Å²) in [5.41, 5.74) is 3.25. The predicted octanol–water partition coefficient (Wildman–Crippen LogP) is 3.60. The Balaban J connectivity index is 1.64. The number of aromatic nitrogens is 4. The topological polar surface area (TPSA) is 83.9 Å². The lowest BCUT2D eigenvalue weighted by atomic mass is 10.1. The van der Waals surface area contributed by atoms with E-state index in [0.717, 1.165) is 29.8 Å². The quantitative estimate of drug-likeness (QED) is 0.751. The van der Waals surface area contributed by atoms with Crippen LogP contribution in [-0.4, -0.2) is 37.3 Å². The van der Waals surface area contributed by atoms with Gasteiger partial charge in [0.05, 0.1) is 11.6 Å². The summed E-state index contributed by atoms with van der Waals surface area (Å²) in [6.07, 6.45) is 8.45. The Bertz CT molecular complexity index is 1010. The molecule has 1 aliphatic heterocycles. The molecule has 0 aliphatic carbocycles. The van der Waals surface area contributed by atoms with Crippen molar-refractivity contribution in [3.63, 3.8) is 0 Å². The molecule has 4 heterocycles.